The maximum Gasteiger partial charge on any atom is 0.275 e. The Bertz CT molecular complexity index is 904. The third kappa shape index (κ3) is 2.66. The maximum absolute atomic E-state index is 12.6. The van der Waals surface area contributed by atoms with E-state index in [9.17, 15) is 4.79 Å². The van der Waals surface area contributed by atoms with Crippen molar-refractivity contribution in [1.82, 2.24) is 25.0 Å². The molecule has 2 aliphatic carbocycles. The van der Waals surface area contributed by atoms with Crippen molar-refractivity contribution in [3.05, 3.63) is 35.4 Å². The van der Waals surface area contributed by atoms with Crippen molar-refractivity contribution in [3.8, 4) is 10.6 Å². The van der Waals surface area contributed by atoms with Crippen LogP contribution in [0.1, 0.15) is 60.2 Å². The summed E-state index contributed by atoms with van der Waals surface area (Å²) in [7, 11) is 0. The highest BCUT2D eigenvalue weighted by Gasteiger charge is 2.34. The number of aromatic amines is 1. The van der Waals surface area contributed by atoms with Gasteiger partial charge in [-0.3, -0.25) is 14.6 Å². The Labute approximate surface area is 148 Å². The molecule has 0 atom stereocenters. The molecule has 3 heterocycles. The zero-order valence-electron chi connectivity index (χ0n) is 13.6. The maximum atomic E-state index is 12.6. The van der Waals surface area contributed by atoms with Crippen LogP contribution in [-0.4, -0.2) is 30.9 Å². The molecule has 3 aromatic heterocycles. The van der Waals surface area contributed by atoms with Crippen molar-refractivity contribution in [2.45, 2.75) is 44.1 Å². The van der Waals surface area contributed by atoms with E-state index in [1.54, 1.807) is 24.0 Å². The lowest BCUT2D eigenvalue weighted by molar-refractivity contribution is 0.102. The third-order valence-electron chi connectivity index (χ3n) is 4.95. The SMILES string of the molecule is O=C(Nc1cnn(C2CCC2)c1C1CC1)c1csc(-c2cn[nH]c2)n1. The van der Waals surface area contributed by atoms with E-state index in [2.05, 4.69) is 30.3 Å². The fraction of sp³-hybridized carbons (Fsp3) is 0.412. The summed E-state index contributed by atoms with van der Waals surface area (Å²) in [6.45, 7) is 0. The van der Waals surface area contributed by atoms with E-state index in [0.717, 1.165) is 16.3 Å². The van der Waals surface area contributed by atoms with Crippen molar-refractivity contribution < 1.29 is 4.79 Å². The largest absolute Gasteiger partial charge is 0.318 e. The number of rotatable bonds is 5. The summed E-state index contributed by atoms with van der Waals surface area (Å²) >= 11 is 1.44. The van der Waals surface area contributed by atoms with Crippen LogP contribution in [0.25, 0.3) is 10.6 Å². The first-order valence-electron chi connectivity index (χ1n) is 8.63. The summed E-state index contributed by atoms with van der Waals surface area (Å²) in [5.41, 5.74) is 3.36. The van der Waals surface area contributed by atoms with Gasteiger partial charge in [0.05, 0.1) is 29.8 Å². The van der Waals surface area contributed by atoms with Crippen LogP contribution in [0.15, 0.2) is 24.0 Å². The van der Waals surface area contributed by atoms with Crippen molar-refractivity contribution in [2.24, 2.45) is 0 Å². The van der Waals surface area contributed by atoms with Gasteiger partial charge in [-0.05, 0) is 32.1 Å². The Hall–Kier alpha value is -2.48. The summed E-state index contributed by atoms with van der Waals surface area (Å²) < 4.78 is 2.15. The van der Waals surface area contributed by atoms with Gasteiger partial charge < -0.3 is 5.32 Å². The zero-order chi connectivity index (χ0) is 16.8. The molecule has 8 heteroatoms. The van der Waals surface area contributed by atoms with Crippen LogP contribution in [0.5, 0.6) is 0 Å². The minimum atomic E-state index is -0.180. The Morgan fingerprint density at radius 2 is 2.16 bits per heavy atom. The summed E-state index contributed by atoms with van der Waals surface area (Å²) in [4.78, 5) is 17.1. The summed E-state index contributed by atoms with van der Waals surface area (Å²) in [5.74, 6) is 0.358. The monoisotopic (exact) mass is 354 g/mol. The van der Waals surface area contributed by atoms with Gasteiger partial charge in [-0.15, -0.1) is 11.3 Å². The highest BCUT2D eigenvalue weighted by Crippen LogP contribution is 2.46. The molecule has 128 valence electrons. The molecule has 0 radical (unpaired) electrons. The fourth-order valence-corrected chi connectivity index (χ4v) is 4.00. The number of nitrogens with one attached hydrogen (secondary N) is 2. The number of hydrogen-bond acceptors (Lipinski definition) is 5. The lowest BCUT2D eigenvalue weighted by Gasteiger charge is -2.27. The smallest absolute Gasteiger partial charge is 0.275 e. The van der Waals surface area contributed by atoms with E-state index in [1.165, 1.54) is 49.1 Å². The van der Waals surface area contributed by atoms with Crippen molar-refractivity contribution >= 4 is 22.9 Å². The number of amides is 1. The summed E-state index contributed by atoms with van der Waals surface area (Å²) in [6, 6.07) is 0.508. The lowest BCUT2D eigenvalue weighted by Crippen LogP contribution is -2.21. The van der Waals surface area contributed by atoms with E-state index in [-0.39, 0.29) is 5.91 Å². The van der Waals surface area contributed by atoms with Gasteiger partial charge in [-0.2, -0.15) is 10.2 Å². The average Bonchev–Trinajstić information content (AvgIpc) is 3.00. The summed E-state index contributed by atoms with van der Waals surface area (Å²) in [6.07, 6.45) is 11.3. The molecule has 7 nitrogen and oxygen atoms in total. The normalized spacial score (nSPS) is 17.4. The van der Waals surface area contributed by atoms with Crippen LogP contribution in [-0.2, 0) is 0 Å². The van der Waals surface area contributed by atoms with Gasteiger partial charge in [-0.1, -0.05) is 0 Å². The first kappa shape index (κ1) is 14.8. The molecule has 0 bridgehead atoms. The molecule has 2 aliphatic rings. The van der Waals surface area contributed by atoms with Gasteiger partial charge in [0.25, 0.3) is 5.91 Å². The number of hydrogen-bond donors (Lipinski definition) is 2. The van der Waals surface area contributed by atoms with Crippen LogP contribution in [0.2, 0.25) is 0 Å². The average molecular weight is 354 g/mol. The molecule has 3 aromatic rings. The van der Waals surface area contributed by atoms with Crippen molar-refractivity contribution in [3.63, 3.8) is 0 Å². The van der Waals surface area contributed by atoms with E-state index < -0.39 is 0 Å². The number of carbonyl (C=O) groups excluding carboxylic acids is 1. The van der Waals surface area contributed by atoms with E-state index in [4.69, 9.17) is 0 Å². The quantitative estimate of drug-likeness (QED) is 0.733. The molecule has 0 unspecified atom stereocenters. The first-order chi connectivity index (χ1) is 12.3. The van der Waals surface area contributed by atoms with E-state index in [1.807, 2.05) is 0 Å². The molecule has 25 heavy (non-hydrogen) atoms. The minimum absolute atomic E-state index is 0.180. The van der Waals surface area contributed by atoms with E-state index >= 15 is 0 Å². The van der Waals surface area contributed by atoms with Gasteiger partial charge in [-0.25, -0.2) is 4.98 Å². The van der Waals surface area contributed by atoms with Gasteiger partial charge in [0.15, 0.2) is 0 Å². The van der Waals surface area contributed by atoms with Crippen LogP contribution < -0.4 is 5.32 Å². The Balaban J connectivity index is 1.38. The molecule has 5 rings (SSSR count). The zero-order valence-corrected chi connectivity index (χ0v) is 14.4. The number of H-pyrrole nitrogens is 1. The van der Waals surface area contributed by atoms with Gasteiger partial charge in [0.2, 0.25) is 0 Å². The van der Waals surface area contributed by atoms with E-state index in [0.29, 0.717) is 17.7 Å². The standard InChI is InChI=1S/C17H18N6OS/c24-16(14-9-25-17(22-14)11-6-18-19-7-11)21-13-8-20-23(12-2-1-3-12)15(13)10-4-5-10/h6-10,12H,1-5H2,(H,18,19)(H,21,24). The highest BCUT2D eigenvalue weighted by molar-refractivity contribution is 7.13. The Kier molecular flexibility index (Phi) is 3.44. The summed E-state index contributed by atoms with van der Waals surface area (Å²) in [5, 5.41) is 16.8. The van der Waals surface area contributed by atoms with Crippen LogP contribution in [0, 0.1) is 0 Å². The molecule has 2 fully saturated rings. The first-order valence-corrected chi connectivity index (χ1v) is 9.51. The second-order valence-corrected chi connectivity index (χ2v) is 7.58. The molecular weight excluding hydrogens is 336 g/mol. The highest BCUT2D eigenvalue weighted by atomic mass is 32.1. The Morgan fingerprint density at radius 1 is 1.28 bits per heavy atom. The fourth-order valence-electron chi connectivity index (χ4n) is 3.22. The molecular formula is C17H18N6OS. The predicted octanol–water partition coefficient (Wildman–Crippen LogP) is 3.58. The van der Waals surface area contributed by atoms with Crippen LogP contribution in [0.3, 0.4) is 0 Å². The van der Waals surface area contributed by atoms with Gasteiger partial charge >= 0.3 is 0 Å². The van der Waals surface area contributed by atoms with Crippen molar-refractivity contribution in [1.29, 1.82) is 0 Å². The molecule has 0 aromatic carbocycles. The molecule has 2 N–H and O–H groups in total. The predicted molar refractivity (Wildman–Crippen MR) is 94.7 cm³/mol. The third-order valence-corrected chi connectivity index (χ3v) is 5.84. The second kappa shape index (κ2) is 5.80. The number of aromatic nitrogens is 5. The van der Waals surface area contributed by atoms with Gasteiger partial charge in [0.1, 0.15) is 10.7 Å². The number of thiazole rings is 1. The van der Waals surface area contributed by atoms with Gasteiger partial charge in [0, 0.05) is 23.1 Å². The molecule has 0 spiro atoms. The topological polar surface area (TPSA) is 88.5 Å². The Morgan fingerprint density at radius 3 is 2.84 bits per heavy atom. The molecule has 0 aliphatic heterocycles. The molecule has 0 saturated heterocycles. The molecule has 1 amide bonds. The number of anilines is 1. The van der Waals surface area contributed by atoms with Crippen LogP contribution >= 0.6 is 11.3 Å². The van der Waals surface area contributed by atoms with Crippen LogP contribution in [0.4, 0.5) is 5.69 Å². The second-order valence-electron chi connectivity index (χ2n) is 6.73. The van der Waals surface area contributed by atoms with Crippen molar-refractivity contribution in [2.75, 3.05) is 5.32 Å². The number of nitrogens with zero attached hydrogens (tertiary/aromatic N) is 4. The number of carbonyl (C=O) groups is 1. The molecule has 2 saturated carbocycles. The minimum Gasteiger partial charge on any atom is -0.318 e. The lowest BCUT2D eigenvalue weighted by atomic mass is 9.93.